The molecule has 0 spiro atoms. The number of rotatable bonds is 4. The van der Waals surface area contributed by atoms with Crippen molar-refractivity contribution >= 4 is 28.4 Å². The average Bonchev–Trinajstić information content (AvgIpc) is 3.16. The Bertz CT molecular complexity index is 933. The van der Waals surface area contributed by atoms with Crippen LogP contribution in [0.3, 0.4) is 0 Å². The van der Waals surface area contributed by atoms with E-state index in [1.807, 2.05) is 30.3 Å². The minimum absolute atomic E-state index is 0.277. The van der Waals surface area contributed by atoms with E-state index in [0.717, 1.165) is 22.3 Å². The van der Waals surface area contributed by atoms with Crippen LogP contribution in [0, 0.1) is 0 Å². The Morgan fingerprint density at radius 2 is 1.93 bits per heavy atom. The van der Waals surface area contributed by atoms with E-state index in [9.17, 15) is 13.6 Å². The molecular formula is C19H19F2N5O. The normalized spacial score (nSPS) is 15.4. The third kappa shape index (κ3) is 3.74. The van der Waals surface area contributed by atoms with E-state index in [1.165, 1.54) is 4.90 Å². The summed E-state index contributed by atoms with van der Waals surface area (Å²) in [6, 6.07) is 9.88. The summed E-state index contributed by atoms with van der Waals surface area (Å²) >= 11 is 0. The van der Waals surface area contributed by atoms with Gasteiger partial charge in [0.25, 0.3) is 5.91 Å². The van der Waals surface area contributed by atoms with Crippen LogP contribution in [0.4, 0.5) is 20.3 Å². The first-order chi connectivity index (χ1) is 13.1. The zero-order chi connectivity index (χ0) is 18.8. The molecule has 0 unspecified atom stereocenters. The Labute approximate surface area is 154 Å². The van der Waals surface area contributed by atoms with Crippen molar-refractivity contribution in [2.45, 2.75) is 25.2 Å². The number of hydrogen-bond acceptors (Lipinski definition) is 4. The largest absolute Gasteiger partial charge is 0.343 e. The summed E-state index contributed by atoms with van der Waals surface area (Å²) in [6.07, 6.45) is 1.84. The highest BCUT2D eigenvalue weighted by Gasteiger charge is 2.28. The summed E-state index contributed by atoms with van der Waals surface area (Å²) in [5, 5.41) is 3.25. The summed E-state index contributed by atoms with van der Waals surface area (Å²) < 4.78 is 25.0. The van der Waals surface area contributed by atoms with Gasteiger partial charge in [0, 0.05) is 24.8 Å². The highest BCUT2D eigenvalue weighted by molar-refractivity contribution is 5.79. The fraction of sp³-hybridized carbons (Fsp3) is 0.316. The molecule has 1 aromatic carbocycles. The maximum absolute atomic E-state index is 12.5. The Hall–Kier alpha value is -3.03. The smallest absolute Gasteiger partial charge is 0.315 e. The van der Waals surface area contributed by atoms with Crippen LogP contribution in [0.2, 0.25) is 0 Å². The van der Waals surface area contributed by atoms with Crippen LogP contribution in [0.25, 0.3) is 11.0 Å². The number of fused-ring (bicyclic) bond motifs is 1. The topological polar surface area (TPSA) is 73.9 Å². The molecule has 4 rings (SSSR count). The van der Waals surface area contributed by atoms with Gasteiger partial charge in [-0.05, 0) is 36.5 Å². The summed E-state index contributed by atoms with van der Waals surface area (Å²) in [4.78, 5) is 24.2. The van der Waals surface area contributed by atoms with Crippen molar-refractivity contribution in [3.63, 3.8) is 0 Å². The highest BCUT2D eigenvalue weighted by atomic mass is 19.3. The van der Waals surface area contributed by atoms with Crippen LogP contribution in [0.1, 0.15) is 24.3 Å². The fourth-order valence-electron chi connectivity index (χ4n) is 3.46. The number of hydrogen-bond donors (Lipinski definition) is 2. The molecule has 0 saturated carbocycles. The van der Waals surface area contributed by atoms with E-state index in [1.54, 1.807) is 12.5 Å². The van der Waals surface area contributed by atoms with Crippen molar-refractivity contribution in [2.24, 2.45) is 0 Å². The second-order valence-electron chi connectivity index (χ2n) is 6.64. The molecule has 1 saturated heterocycles. The zero-order valence-corrected chi connectivity index (χ0v) is 14.5. The monoisotopic (exact) mass is 371 g/mol. The number of carbonyl (C=O) groups is 1. The first kappa shape index (κ1) is 17.4. The minimum Gasteiger partial charge on any atom is -0.343 e. The molecule has 140 valence electrons. The van der Waals surface area contributed by atoms with Gasteiger partial charge in [-0.2, -0.15) is 8.78 Å². The molecule has 27 heavy (non-hydrogen) atoms. The number of H-pyrrole nitrogens is 1. The van der Waals surface area contributed by atoms with E-state index < -0.39 is 12.3 Å². The third-order valence-electron chi connectivity index (χ3n) is 4.95. The molecule has 3 aromatic rings. The zero-order valence-electron chi connectivity index (χ0n) is 14.5. The number of benzene rings is 1. The lowest BCUT2D eigenvalue weighted by Crippen LogP contribution is -2.41. The van der Waals surface area contributed by atoms with Gasteiger partial charge in [0.05, 0.1) is 23.6 Å². The Kier molecular flexibility index (Phi) is 4.70. The van der Waals surface area contributed by atoms with Gasteiger partial charge >= 0.3 is 6.43 Å². The van der Waals surface area contributed by atoms with Crippen molar-refractivity contribution in [2.75, 3.05) is 18.4 Å². The number of piperidine rings is 1. The SMILES string of the molecule is O=C(C(F)F)N1CCC(c2ccc(Nc3cc4nc[nH]c4cn3)cc2)CC1. The summed E-state index contributed by atoms with van der Waals surface area (Å²) in [6.45, 7) is 0.753. The summed E-state index contributed by atoms with van der Waals surface area (Å²) in [7, 11) is 0. The molecule has 6 nitrogen and oxygen atoms in total. The van der Waals surface area contributed by atoms with Crippen LogP contribution < -0.4 is 5.32 Å². The molecule has 1 fully saturated rings. The van der Waals surface area contributed by atoms with Gasteiger partial charge in [0.1, 0.15) is 5.82 Å². The number of nitrogens with one attached hydrogen (secondary N) is 2. The van der Waals surface area contributed by atoms with Gasteiger partial charge in [-0.3, -0.25) is 4.79 Å². The number of amides is 1. The van der Waals surface area contributed by atoms with Crippen molar-refractivity contribution in [1.29, 1.82) is 0 Å². The van der Waals surface area contributed by atoms with Crippen molar-refractivity contribution in [1.82, 2.24) is 19.9 Å². The number of alkyl halides is 2. The van der Waals surface area contributed by atoms with Crippen molar-refractivity contribution in [3.05, 3.63) is 48.4 Å². The molecule has 3 heterocycles. The third-order valence-corrected chi connectivity index (χ3v) is 4.95. The molecule has 0 atom stereocenters. The van der Waals surface area contributed by atoms with E-state index >= 15 is 0 Å². The number of carbonyl (C=O) groups excluding carboxylic acids is 1. The first-order valence-electron chi connectivity index (χ1n) is 8.83. The van der Waals surface area contributed by atoms with Gasteiger partial charge in [0.2, 0.25) is 0 Å². The highest BCUT2D eigenvalue weighted by Crippen LogP contribution is 2.30. The first-order valence-corrected chi connectivity index (χ1v) is 8.83. The Morgan fingerprint density at radius 3 is 2.63 bits per heavy atom. The quantitative estimate of drug-likeness (QED) is 0.734. The van der Waals surface area contributed by atoms with E-state index in [-0.39, 0.29) is 5.92 Å². The fourth-order valence-corrected chi connectivity index (χ4v) is 3.46. The number of nitrogens with zero attached hydrogens (tertiary/aromatic N) is 3. The van der Waals surface area contributed by atoms with Gasteiger partial charge in [-0.1, -0.05) is 12.1 Å². The van der Waals surface area contributed by atoms with E-state index in [4.69, 9.17) is 0 Å². The lowest BCUT2D eigenvalue weighted by Gasteiger charge is -2.32. The lowest BCUT2D eigenvalue weighted by atomic mass is 9.89. The Morgan fingerprint density at radius 1 is 1.19 bits per heavy atom. The standard InChI is InChI=1S/C19H19F2N5O/c20-18(21)19(27)26-7-5-13(6-8-26)12-1-3-14(4-2-12)25-17-9-15-16(10-22-17)24-11-23-15/h1-4,9-11,13,18H,5-8H2,(H,22,25)(H,23,24). The second-order valence-corrected chi connectivity index (χ2v) is 6.64. The van der Waals surface area contributed by atoms with Crippen molar-refractivity contribution in [3.8, 4) is 0 Å². The van der Waals surface area contributed by atoms with Crippen LogP contribution in [-0.4, -0.2) is 45.3 Å². The number of likely N-dealkylation sites (tertiary alicyclic amines) is 1. The number of aromatic nitrogens is 3. The lowest BCUT2D eigenvalue weighted by molar-refractivity contribution is -0.143. The minimum atomic E-state index is -2.92. The predicted octanol–water partition coefficient (Wildman–Crippen LogP) is 3.67. The molecule has 0 bridgehead atoms. The molecule has 2 N–H and O–H groups in total. The summed E-state index contributed by atoms with van der Waals surface area (Å²) in [5.41, 5.74) is 3.79. The van der Waals surface area contributed by atoms with E-state index in [0.29, 0.717) is 31.7 Å². The van der Waals surface area contributed by atoms with E-state index in [2.05, 4.69) is 20.3 Å². The molecule has 1 amide bonds. The maximum atomic E-state index is 12.5. The van der Waals surface area contributed by atoms with Gasteiger partial charge in [0.15, 0.2) is 0 Å². The second kappa shape index (κ2) is 7.30. The van der Waals surface area contributed by atoms with Gasteiger partial charge in [-0.25, -0.2) is 9.97 Å². The molecule has 1 aliphatic rings. The van der Waals surface area contributed by atoms with Crippen LogP contribution in [0.15, 0.2) is 42.9 Å². The van der Waals surface area contributed by atoms with Gasteiger partial charge in [-0.15, -0.1) is 0 Å². The Balaban J connectivity index is 1.38. The molecular weight excluding hydrogens is 352 g/mol. The number of anilines is 2. The van der Waals surface area contributed by atoms with Crippen LogP contribution in [-0.2, 0) is 4.79 Å². The molecule has 8 heteroatoms. The summed E-state index contributed by atoms with van der Waals surface area (Å²) in [5.74, 6) is -0.0742. The average molecular weight is 371 g/mol. The van der Waals surface area contributed by atoms with Crippen LogP contribution >= 0.6 is 0 Å². The predicted molar refractivity (Wildman–Crippen MR) is 98.2 cm³/mol. The molecule has 2 aromatic heterocycles. The van der Waals surface area contributed by atoms with Crippen LogP contribution in [0.5, 0.6) is 0 Å². The molecule has 0 aliphatic carbocycles. The molecule has 1 aliphatic heterocycles. The molecule has 0 radical (unpaired) electrons. The number of imidazole rings is 1. The van der Waals surface area contributed by atoms with Gasteiger partial charge < -0.3 is 15.2 Å². The maximum Gasteiger partial charge on any atom is 0.315 e. The van der Waals surface area contributed by atoms with Crippen molar-refractivity contribution < 1.29 is 13.6 Å². The number of aromatic amines is 1. The number of halogens is 2. The number of pyridine rings is 1.